The molecule has 0 aromatic heterocycles. The summed E-state index contributed by atoms with van der Waals surface area (Å²) in [5, 5.41) is 14.7. The van der Waals surface area contributed by atoms with Crippen molar-refractivity contribution in [3.8, 4) is 0 Å². The number of rotatable bonds is 6. The Balaban J connectivity index is 2.37. The molecule has 1 amide bonds. The van der Waals surface area contributed by atoms with E-state index in [1.54, 1.807) is 0 Å². The van der Waals surface area contributed by atoms with Crippen LogP contribution in [0.15, 0.2) is 24.3 Å². The molecule has 0 spiro atoms. The van der Waals surface area contributed by atoms with E-state index >= 15 is 0 Å². The minimum absolute atomic E-state index is 0.0162. The largest absolute Gasteiger partial charge is 0.395 e. The Bertz CT molecular complexity index is 350. The van der Waals surface area contributed by atoms with Gasteiger partial charge in [0.1, 0.15) is 0 Å². The van der Waals surface area contributed by atoms with Crippen molar-refractivity contribution in [3.05, 3.63) is 27.8 Å². The van der Waals surface area contributed by atoms with Gasteiger partial charge in [-0.1, -0.05) is 6.92 Å². The van der Waals surface area contributed by atoms with Gasteiger partial charge in [-0.3, -0.25) is 4.79 Å². The molecule has 0 saturated heterocycles. The molecule has 1 unspecified atom stereocenters. The van der Waals surface area contributed by atoms with Crippen LogP contribution in [0, 0.1) is 3.57 Å². The van der Waals surface area contributed by atoms with Gasteiger partial charge < -0.3 is 15.7 Å². The average molecular weight is 348 g/mol. The van der Waals surface area contributed by atoms with E-state index in [2.05, 4.69) is 33.2 Å². The first-order valence-corrected chi connectivity index (χ1v) is 6.63. The Kier molecular flexibility index (Phi) is 6.46. The lowest BCUT2D eigenvalue weighted by Crippen LogP contribution is -2.37. The van der Waals surface area contributed by atoms with Gasteiger partial charge in [0.15, 0.2) is 0 Å². The first-order valence-electron chi connectivity index (χ1n) is 5.55. The van der Waals surface area contributed by atoms with Gasteiger partial charge in [-0.25, -0.2) is 0 Å². The molecule has 3 N–H and O–H groups in total. The predicted molar refractivity (Wildman–Crippen MR) is 77.0 cm³/mol. The Morgan fingerprint density at radius 1 is 1.41 bits per heavy atom. The fraction of sp³-hybridized carbons (Fsp3) is 0.417. The number of anilines is 1. The SMILES string of the molecule is CCC(CO)NCC(=O)Nc1ccc(I)cc1. The van der Waals surface area contributed by atoms with Crippen LogP contribution in [0.4, 0.5) is 5.69 Å². The van der Waals surface area contributed by atoms with Crippen LogP contribution in [-0.4, -0.2) is 30.2 Å². The second kappa shape index (κ2) is 7.62. The van der Waals surface area contributed by atoms with E-state index < -0.39 is 0 Å². The molecule has 1 rings (SSSR count). The van der Waals surface area contributed by atoms with Crippen LogP contribution in [0.1, 0.15) is 13.3 Å². The standard InChI is InChI=1S/C12H17IN2O2/c1-2-10(8-16)14-7-12(17)15-11-5-3-9(13)4-6-11/h3-6,10,14,16H,2,7-8H2,1H3,(H,15,17). The van der Waals surface area contributed by atoms with E-state index in [4.69, 9.17) is 5.11 Å². The quantitative estimate of drug-likeness (QED) is 0.685. The highest BCUT2D eigenvalue weighted by molar-refractivity contribution is 14.1. The first kappa shape index (κ1) is 14.4. The van der Waals surface area contributed by atoms with Crippen molar-refractivity contribution in [1.82, 2.24) is 5.32 Å². The van der Waals surface area contributed by atoms with E-state index in [0.29, 0.717) is 0 Å². The van der Waals surface area contributed by atoms with Crippen LogP contribution >= 0.6 is 22.6 Å². The molecule has 0 fully saturated rings. The Labute approximate surface area is 115 Å². The molecule has 17 heavy (non-hydrogen) atoms. The van der Waals surface area contributed by atoms with Crippen LogP contribution in [0.5, 0.6) is 0 Å². The third-order valence-electron chi connectivity index (χ3n) is 2.39. The van der Waals surface area contributed by atoms with Crippen LogP contribution in [0.3, 0.4) is 0 Å². The summed E-state index contributed by atoms with van der Waals surface area (Å²) in [5.41, 5.74) is 0.786. The summed E-state index contributed by atoms with van der Waals surface area (Å²) in [6, 6.07) is 7.59. The van der Waals surface area contributed by atoms with Crippen LogP contribution in [-0.2, 0) is 4.79 Å². The summed E-state index contributed by atoms with van der Waals surface area (Å²) >= 11 is 2.21. The van der Waals surface area contributed by atoms with E-state index in [1.807, 2.05) is 31.2 Å². The van der Waals surface area contributed by atoms with Gasteiger partial charge in [0.2, 0.25) is 5.91 Å². The van der Waals surface area contributed by atoms with Gasteiger partial charge in [0.05, 0.1) is 13.2 Å². The van der Waals surface area contributed by atoms with E-state index in [9.17, 15) is 4.79 Å². The minimum Gasteiger partial charge on any atom is -0.395 e. The average Bonchev–Trinajstić information content (AvgIpc) is 2.33. The van der Waals surface area contributed by atoms with Crippen molar-refractivity contribution >= 4 is 34.2 Å². The second-order valence-electron chi connectivity index (χ2n) is 3.72. The van der Waals surface area contributed by atoms with E-state index in [1.165, 1.54) is 0 Å². The molecule has 1 atom stereocenters. The number of hydrogen-bond acceptors (Lipinski definition) is 3. The summed E-state index contributed by atoms with van der Waals surface area (Å²) in [5.74, 6) is -0.0990. The summed E-state index contributed by atoms with van der Waals surface area (Å²) in [7, 11) is 0. The molecule has 0 heterocycles. The molecule has 4 nitrogen and oxygen atoms in total. The van der Waals surface area contributed by atoms with Crippen molar-refractivity contribution in [1.29, 1.82) is 0 Å². The molecular formula is C12H17IN2O2. The lowest BCUT2D eigenvalue weighted by molar-refractivity contribution is -0.115. The van der Waals surface area contributed by atoms with Crippen molar-refractivity contribution < 1.29 is 9.90 Å². The molecule has 94 valence electrons. The van der Waals surface area contributed by atoms with Gasteiger partial charge in [0.25, 0.3) is 0 Å². The molecule has 1 aromatic rings. The number of carbonyl (C=O) groups excluding carboxylic acids is 1. The van der Waals surface area contributed by atoms with Crippen molar-refractivity contribution in [3.63, 3.8) is 0 Å². The lowest BCUT2D eigenvalue weighted by atomic mass is 10.2. The fourth-order valence-electron chi connectivity index (χ4n) is 1.31. The molecule has 0 saturated carbocycles. The maximum absolute atomic E-state index is 11.6. The second-order valence-corrected chi connectivity index (χ2v) is 4.97. The molecule has 0 aliphatic heterocycles. The van der Waals surface area contributed by atoms with Crippen LogP contribution in [0.2, 0.25) is 0 Å². The third kappa shape index (κ3) is 5.47. The maximum atomic E-state index is 11.6. The third-order valence-corrected chi connectivity index (χ3v) is 3.11. The zero-order chi connectivity index (χ0) is 12.7. The smallest absolute Gasteiger partial charge is 0.238 e. The van der Waals surface area contributed by atoms with Gasteiger partial charge in [-0.15, -0.1) is 0 Å². The Morgan fingerprint density at radius 2 is 2.06 bits per heavy atom. The monoisotopic (exact) mass is 348 g/mol. The number of carbonyl (C=O) groups is 1. The maximum Gasteiger partial charge on any atom is 0.238 e. The van der Waals surface area contributed by atoms with Gasteiger partial charge in [-0.05, 0) is 53.3 Å². The molecule has 0 aliphatic carbocycles. The number of aliphatic hydroxyl groups is 1. The summed E-state index contributed by atoms with van der Waals surface area (Å²) in [6.45, 7) is 2.23. The van der Waals surface area contributed by atoms with Gasteiger partial charge in [0, 0.05) is 15.3 Å². The summed E-state index contributed by atoms with van der Waals surface area (Å²) in [4.78, 5) is 11.6. The molecule has 1 aromatic carbocycles. The zero-order valence-electron chi connectivity index (χ0n) is 9.74. The van der Waals surface area contributed by atoms with Gasteiger partial charge in [-0.2, -0.15) is 0 Å². The normalized spacial score (nSPS) is 12.2. The van der Waals surface area contributed by atoms with E-state index in [0.717, 1.165) is 15.7 Å². The summed E-state index contributed by atoms with van der Waals surface area (Å²) < 4.78 is 1.13. The number of aliphatic hydroxyl groups excluding tert-OH is 1. The first-order chi connectivity index (χ1) is 8.15. The van der Waals surface area contributed by atoms with E-state index in [-0.39, 0.29) is 25.1 Å². The molecule has 0 radical (unpaired) electrons. The van der Waals surface area contributed by atoms with Crippen molar-refractivity contribution in [2.24, 2.45) is 0 Å². The highest BCUT2D eigenvalue weighted by Gasteiger charge is 2.07. The highest BCUT2D eigenvalue weighted by atomic mass is 127. The number of hydrogen-bond donors (Lipinski definition) is 3. The minimum atomic E-state index is -0.0990. The van der Waals surface area contributed by atoms with Crippen molar-refractivity contribution in [2.45, 2.75) is 19.4 Å². The van der Waals surface area contributed by atoms with Crippen LogP contribution < -0.4 is 10.6 Å². The molecule has 0 aliphatic rings. The molecular weight excluding hydrogens is 331 g/mol. The topological polar surface area (TPSA) is 61.4 Å². The van der Waals surface area contributed by atoms with Crippen molar-refractivity contribution in [2.75, 3.05) is 18.5 Å². The Morgan fingerprint density at radius 3 is 2.59 bits per heavy atom. The van der Waals surface area contributed by atoms with Crippen LogP contribution in [0.25, 0.3) is 0 Å². The number of benzene rings is 1. The number of halogens is 1. The molecule has 0 bridgehead atoms. The zero-order valence-corrected chi connectivity index (χ0v) is 11.9. The number of nitrogens with one attached hydrogen (secondary N) is 2. The predicted octanol–water partition coefficient (Wildman–Crippen LogP) is 1.59. The van der Waals surface area contributed by atoms with Gasteiger partial charge >= 0.3 is 0 Å². The lowest BCUT2D eigenvalue weighted by Gasteiger charge is -2.13. The highest BCUT2D eigenvalue weighted by Crippen LogP contribution is 2.10. The Hall–Kier alpha value is -0.660. The summed E-state index contributed by atoms with van der Waals surface area (Å²) in [6.07, 6.45) is 0.799. The fourth-order valence-corrected chi connectivity index (χ4v) is 1.67. The number of amides is 1. The molecule has 5 heteroatoms.